The van der Waals surface area contributed by atoms with Gasteiger partial charge in [0.15, 0.2) is 5.11 Å². The van der Waals surface area contributed by atoms with Crippen LogP contribution in [0.25, 0.3) is 0 Å². The molecule has 0 unspecified atom stereocenters. The topological polar surface area (TPSA) is 68.8 Å². The highest BCUT2D eigenvalue weighted by atomic mass is 79.9. The number of thiocarbonyl (C=S) groups is 1. The number of ether oxygens (including phenoxy) is 3. The summed E-state index contributed by atoms with van der Waals surface area (Å²) in [5.74, 6) is 0.778. The van der Waals surface area contributed by atoms with Gasteiger partial charge in [-0.25, -0.2) is 0 Å². The molecule has 0 aliphatic rings. The average Bonchev–Trinajstić information content (AvgIpc) is 2.65. The molecule has 0 radical (unpaired) electrons. The van der Waals surface area contributed by atoms with Crippen LogP contribution in [0.5, 0.6) is 11.5 Å². The molecule has 27 heavy (non-hydrogen) atoms. The number of halogens is 1. The summed E-state index contributed by atoms with van der Waals surface area (Å²) in [6.45, 7) is 3.57. The minimum absolute atomic E-state index is 0.175. The van der Waals surface area contributed by atoms with Gasteiger partial charge in [-0.05, 0) is 49.5 Å². The Morgan fingerprint density at radius 3 is 2.74 bits per heavy atom. The summed E-state index contributed by atoms with van der Waals surface area (Å²) in [7, 11) is 1.51. The SMILES string of the molecule is CCOCCOc1cccc(NC(=S)NC(=O)c2cc(Br)ccc2OC)c1. The van der Waals surface area contributed by atoms with Gasteiger partial charge < -0.3 is 19.5 Å². The molecule has 8 heteroatoms. The van der Waals surface area contributed by atoms with E-state index in [2.05, 4.69) is 26.6 Å². The molecule has 2 aromatic carbocycles. The summed E-state index contributed by atoms with van der Waals surface area (Å²) in [5.41, 5.74) is 1.08. The van der Waals surface area contributed by atoms with Gasteiger partial charge in [0.1, 0.15) is 18.1 Å². The lowest BCUT2D eigenvalue weighted by Gasteiger charge is -2.13. The lowest BCUT2D eigenvalue weighted by atomic mass is 10.2. The van der Waals surface area contributed by atoms with Crippen LogP contribution in [-0.2, 0) is 4.74 Å². The highest BCUT2D eigenvalue weighted by Crippen LogP contribution is 2.23. The molecule has 0 fully saturated rings. The van der Waals surface area contributed by atoms with Crippen molar-refractivity contribution in [1.29, 1.82) is 0 Å². The van der Waals surface area contributed by atoms with E-state index < -0.39 is 0 Å². The largest absolute Gasteiger partial charge is 0.496 e. The molecule has 0 saturated heterocycles. The van der Waals surface area contributed by atoms with Crippen LogP contribution in [0.3, 0.4) is 0 Å². The van der Waals surface area contributed by atoms with Crippen LogP contribution in [-0.4, -0.2) is 38.0 Å². The summed E-state index contributed by atoms with van der Waals surface area (Å²) in [6.07, 6.45) is 0. The maximum atomic E-state index is 12.5. The van der Waals surface area contributed by atoms with Crippen molar-refractivity contribution in [2.75, 3.05) is 32.2 Å². The van der Waals surface area contributed by atoms with Crippen LogP contribution in [0.2, 0.25) is 0 Å². The Morgan fingerprint density at radius 1 is 1.19 bits per heavy atom. The molecule has 0 aliphatic heterocycles. The number of methoxy groups -OCH3 is 1. The number of benzene rings is 2. The van der Waals surface area contributed by atoms with E-state index in [1.165, 1.54) is 7.11 Å². The van der Waals surface area contributed by atoms with Crippen molar-refractivity contribution in [1.82, 2.24) is 5.32 Å². The first kappa shape index (κ1) is 21.1. The maximum absolute atomic E-state index is 12.5. The van der Waals surface area contributed by atoms with E-state index in [1.54, 1.807) is 24.3 Å². The summed E-state index contributed by atoms with van der Waals surface area (Å²) in [6, 6.07) is 12.5. The van der Waals surface area contributed by atoms with Gasteiger partial charge in [0.2, 0.25) is 0 Å². The van der Waals surface area contributed by atoms with E-state index >= 15 is 0 Å². The number of hydrogen-bond acceptors (Lipinski definition) is 5. The number of anilines is 1. The van der Waals surface area contributed by atoms with Crippen molar-refractivity contribution < 1.29 is 19.0 Å². The Bertz CT molecular complexity index is 801. The third-order valence-electron chi connectivity index (χ3n) is 3.43. The van der Waals surface area contributed by atoms with Crippen LogP contribution in [0, 0.1) is 0 Å². The standard InChI is InChI=1S/C19H21BrN2O4S/c1-3-25-9-10-26-15-6-4-5-14(12-15)21-19(27)22-18(23)16-11-13(20)7-8-17(16)24-2/h4-8,11-12H,3,9-10H2,1-2H3,(H2,21,22,23,27). The molecular formula is C19H21BrN2O4S. The summed E-state index contributed by atoms with van der Waals surface area (Å²) >= 11 is 8.58. The molecule has 144 valence electrons. The molecule has 0 saturated carbocycles. The predicted molar refractivity (Wildman–Crippen MR) is 113 cm³/mol. The number of carbonyl (C=O) groups excluding carboxylic acids is 1. The maximum Gasteiger partial charge on any atom is 0.261 e. The number of amides is 1. The molecule has 0 aromatic heterocycles. The molecule has 0 heterocycles. The normalized spacial score (nSPS) is 10.2. The lowest BCUT2D eigenvalue weighted by molar-refractivity contribution is 0.0974. The fourth-order valence-electron chi connectivity index (χ4n) is 2.22. The van der Waals surface area contributed by atoms with Crippen LogP contribution >= 0.6 is 28.1 Å². The van der Waals surface area contributed by atoms with Crippen LogP contribution in [0.1, 0.15) is 17.3 Å². The van der Waals surface area contributed by atoms with Crippen LogP contribution in [0.15, 0.2) is 46.9 Å². The first-order valence-corrected chi connectivity index (χ1v) is 9.50. The van der Waals surface area contributed by atoms with Gasteiger partial charge in [0.25, 0.3) is 5.91 Å². The van der Waals surface area contributed by atoms with E-state index in [4.69, 9.17) is 26.4 Å². The minimum atomic E-state index is -0.366. The van der Waals surface area contributed by atoms with Gasteiger partial charge in [-0.2, -0.15) is 0 Å². The third-order valence-corrected chi connectivity index (χ3v) is 4.12. The molecule has 2 aromatic rings. The smallest absolute Gasteiger partial charge is 0.261 e. The van der Waals surface area contributed by atoms with Crippen molar-refractivity contribution in [3.63, 3.8) is 0 Å². The molecule has 1 amide bonds. The molecular weight excluding hydrogens is 432 g/mol. The number of carbonyl (C=O) groups is 1. The van der Waals surface area contributed by atoms with E-state index in [-0.39, 0.29) is 11.0 Å². The first-order chi connectivity index (χ1) is 13.0. The molecule has 0 aliphatic carbocycles. The second kappa shape index (κ2) is 10.9. The minimum Gasteiger partial charge on any atom is -0.496 e. The summed E-state index contributed by atoms with van der Waals surface area (Å²) < 4.78 is 16.8. The average molecular weight is 453 g/mol. The second-order valence-corrected chi connectivity index (χ2v) is 6.65. The zero-order valence-corrected chi connectivity index (χ0v) is 17.5. The monoisotopic (exact) mass is 452 g/mol. The Balaban J connectivity index is 1.95. The van der Waals surface area contributed by atoms with Gasteiger partial charge in [0.05, 0.1) is 19.3 Å². The zero-order chi connectivity index (χ0) is 19.6. The molecule has 0 atom stereocenters. The van der Waals surface area contributed by atoms with Crippen molar-refractivity contribution in [3.05, 3.63) is 52.5 Å². The second-order valence-electron chi connectivity index (χ2n) is 5.33. The number of rotatable bonds is 8. The van der Waals surface area contributed by atoms with Crippen molar-refractivity contribution in [2.45, 2.75) is 6.92 Å². The van der Waals surface area contributed by atoms with Crippen LogP contribution in [0.4, 0.5) is 5.69 Å². The number of hydrogen-bond donors (Lipinski definition) is 2. The van der Waals surface area contributed by atoms with E-state index in [0.29, 0.717) is 42.6 Å². The molecule has 6 nitrogen and oxygen atoms in total. The lowest BCUT2D eigenvalue weighted by Crippen LogP contribution is -2.34. The van der Waals surface area contributed by atoms with Gasteiger partial charge in [-0.1, -0.05) is 22.0 Å². The molecule has 0 bridgehead atoms. The van der Waals surface area contributed by atoms with Crippen molar-refractivity contribution in [3.8, 4) is 11.5 Å². The van der Waals surface area contributed by atoms with Crippen LogP contribution < -0.4 is 20.1 Å². The van der Waals surface area contributed by atoms with Crippen molar-refractivity contribution >= 4 is 44.9 Å². The van der Waals surface area contributed by atoms with Gasteiger partial charge in [0, 0.05) is 22.8 Å². The summed E-state index contributed by atoms with van der Waals surface area (Å²) in [4.78, 5) is 12.5. The fraction of sp³-hybridized carbons (Fsp3) is 0.263. The van der Waals surface area contributed by atoms with Gasteiger partial charge in [-0.3, -0.25) is 10.1 Å². The summed E-state index contributed by atoms with van der Waals surface area (Å²) in [5, 5.41) is 5.79. The predicted octanol–water partition coefficient (Wildman–Crippen LogP) is 4.00. The van der Waals surface area contributed by atoms with Gasteiger partial charge >= 0.3 is 0 Å². The highest BCUT2D eigenvalue weighted by Gasteiger charge is 2.14. The fourth-order valence-corrected chi connectivity index (χ4v) is 2.79. The van der Waals surface area contributed by atoms with Crippen molar-refractivity contribution in [2.24, 2.45) is 0 Å². The first-order valence-electron chi connectivity index (χ1n) is 8.30. The molecule has 2 rings (SSSR count). The van der Waals surface area contributed by atoms with E-state index in [9.17, 15) is 4.79 Å². The Labute approximate surface area is 172 Å². The van der Waals surface area contributed by atoms with Gasteiger partial charge in [-0.15, -0.1) is 0 Å². The Morgan fingerprint density at radius 2 is 2.00 bits per heavy atom. The Hall–Kier alpha value is -2.16. The third kappa shape index (κ3) is 6.82. The zero-order valence-electron chi connectivity index (χ0n) is 15.1. The Kier molecular flexibility index (Phi) is 8.50. The van der Waals surface area contributed by atoms with E-state index in [0.717, 1.165) is 4.47 Å². The number of nitrogens with one attached hydrogen (secondary N) is 2. The quantitative estimate of drug-likeness (QED) is 0.465. The highest BCUT2D eigenvalue weighted by molar-refractivity contribution is 9.10. The van der Waals surface area contributed by atoms with E-state index in [1.807, 2.05) is 25.1 Å². The molecule has 2 N–H and O–H groups in total. The molecule has 0 spiro atoms.